The summed E-state index contributed by atoms with van der Waals surface area (Å²) in [5, 5.41) is 0. The Balaban J connectivity index is 2.16. The zero-order valence-corrected chi connectivity index (χ0v) is 11.8. The molecule has 3 rings (SSSR count). The zero-order chi connectivity index (χ0) is 15.0. The lowest BCUT2D eigenvalue weighted by molar-refractivity contribution is -0.740. The minimum atomic E-state index is -0.274. The number of hydrogen-bond acceptors (Lipinski definition) is 0. The van der Waals surface area contributed by atoms with Crippen LogP contribution in [0.25, 0.3) is 22.5 Å². The summed E-state index contributed by atoms with van der Waals surface area (Å²) in [6.07, 6.45) is 0. The third-order valence-corrected chi connectivity index (χ3v) is 3.66. The van der Waals surface area contributed by atoms with Gasteiger partial charge in [-0.3, -0.25) is 0 Å². The molecule has 0 atom stereocenters. The van der Waals surface area contributed by atoms with Crippen molar-refractivity contribution in [2.75, 3.05) is 0 Å². The van der Waals surface area contributed by atoms with Crippen LogP contribution in [-0.2, 0) is 14.1 Å². The van der Waals surface area contributed by atoms with Gasteiger partial charge in [0, 0.05) is 11.6 Å². The Labute approximate surface area is 121 Å². The molecule has 2 nitrogen and oxygen atoms in total. The van der Waals surface area contributed by atoms with Gasteiger partial charge in [-0.2, -0.15) is 4.68 Å². The molecule has 0 unspecified atom stereocenters. The molecule has 0 amide bonds. The second-order valence-corrected chi connectivity index (χ2v) is 4.98. The van der Waals surface area contributed by atoms with E-state index in [1.807, 2.05) is 41.7 Å². The molecule has 0 aliphatic carbocycles. The molecule has 0 spiro atoms. The van der Waals surface area contributed by atoms with Gasteiger partial charge in [0.05, 0.1) is 12.6 Å². The normalized spacial score (nSPS) is 10.9. The molecule has 21 heavy (non-hydrogen) atoms. The molecular weight excluding hydrogens is 270 g/mol. The number of benzene rings is 2. The highest BCUT2D eigenvalue weighted by atomic mass is 19.1. The van der Waals surface area contributed by atoms with E-state index < -0.39 is 0 Å². The molecule has 0 saturated carbocycles. The van der Waals surface area contributed by atoms with E-state index in [0.717, 1.165) is 22.5 Å². The van der Waals surface area contributed by atoms with Crippen LogP contribution in [0.1, 0.15) is 0 Å². The average Bonchev–Trinajstić information content (AvgIpc) is 2.75. The second kappa shape index (κ2) is 5.13. The van der Waals surface area contributed by atoms with Gasteiger partial charge in [-0.25, -0.2) is 8.78 Å². The Bertz CT molecular complexity index is 740. The molecule has 0 saturated heterocycles. The van der Waals surface area contributed by atoms with Crippen LogP contribution < -0.4 is 4.68 Å². The van der Waals surface area contributed by atoms with Crippen LogP contribution in [0, 0.1) is 11.6 Å². The number of aromatic nitrogens is 2. The monoisotopic (exact) mass is 285 g/mol. The number of rotatable bonds is 2. The fourth-order valence-corrected chi connectivity index (χ4v) is 2.48. The molecule has 2 aromatic carbocycles. The van der Waals surface area contributed by atoms with E-state index in [9.17, 15) is 8.78 Å². The Morgan fingerprint density at radius 1 is 0.857 bits per heavy atom. The first-order valence-corrected chi connectivity index (χ1v) is 6.64. The van der Waals surface area contributed by atoms with Crippen LogP contribution in [-0.4, -0.2) is 4.68 Å². The van der Waals surface area contributed by atoms with E-state index in [4.69, 9.17) is 0 Å². The highest BCUT2D eigenvalue weighted by Crippen LogP contribution is 2.25. The van der Waals surface area contributed by atoms with Crippen molar-refractivity contribution >= 4 is 0 Å². The predicted octanol–water partition coefficient (Wildman–Crippen LogP) is 3.46. The molecule has 4 heteroatoms. The van der Waals surface area contributed by atoms with E-state index in [0.29, 0.717) is 0 Å². The van der Waals surface area contributed by atoms with Gasteiger partial charge < -0.3 is 0 Å². The minimum Gasteiger partial charge on any atom is -0.207 e. The quantitative estimate of drug-likeness (QED) is 0.638. The fraction of sp³-hybridized carbons (Fsp3) is 0.118. The van der Waals surface area contributed by atoms with Crippen LogP contribution in [0.15, 0.2) is 54.6 Å². The lowest BCUT2D eigenvalue weighted by atomic mass is 10.1. The Morgan fingerprint density at radius 3 is 2.05 bits per heavy atom. The summed E-state index contributed by atoms with van der Waals surface area (Å²) in [6.45, 7) is 0. The van der Waals surface area contributed by atoms with E-state index in [1.54, 1.807) is 12.1 Å². The molecular formula is C17H15F2N2+. The molecule has 3 aromatic rings. The summed E-state index contributed by atoms with van der Waals surface area (Å²) >= 11 is 0. The molecule has 0 bridgehead atoms. The van der Waals surface area contributed by atoms with Crippen molar-refractivity contribution in [2.24, 2.45) is 14.1 Å². The van der Waals surface area contributed by atoms with Gasteiger partial charge in [0.1, 0.15) is 17.3 Å². The van der Waals surface area contributed by atoms with E-state index in [-0.39, 0.29) is 11.6 Å². The van der Waals surface area contributed by atoms with Crippen molar-refractivity contribution in [3.63, 3.8) is 0 Å². The Kier molecular flexibility index (Phi) is 3.29. The molecule has 0 fully saturated rings. The minimum absolute atomic E-state index is 0.274. The predicted molar refractivity (Wildman–Crippen MR) is 77.4 cm³/mol. The topological polar surface area (TPSA) is 8.81 Å². The third-order valence-electron chi connectivity index (χ3n) is 3.66. The summed E-state index contributed by atoms with van der Waals surface area (Å²) in [4.78, 5) is 0. The van der Waals surface area contributed by atoms with Crippen molar-refractivity contribution in [2.45, 2.75) is 0 Å². The molecule has 0 radical (unpaired) electrons. The van der Waals surface area contributed by atoms with Crippen molar-refractivity contribution in [3.05, 3.63) is 66.2 Å². The number of nitrogens with zero attached hydrogens (tertiary/aromatic N) is 2. The lowest BCUT2D eigenvalue weighted by Crippen LogP contribution is -2.39. The van der Waals surface area contributed by atoms with Gasteiger partial charge in [-0.05, 0) is 30.3 Å². The second-order valence-electron chi connectivity index (χ2n) is 4.98. The first kappa shape index (κ1) is 13.5. The molecule has 0 N–H and O–H groups in total. The van der Waals surface area contributed by atoms with Gasteiger partial charge in [-0.15, -0.1) is 4.68 Å². The number of halogens is 2. The van der Waals surface area contributed by atoms with Gasteiger partial charge in [0.25, 0.3) is 0 Å². The van der Waals surface area contributed by atoms with Gasteiger partial charge >= 0.3 is 0 Å². The highest BCUT2D eigenvalue weighted by molar-refractivity contribution is 5.66. The fourth-order valence-electron chi connectivity index (χ4n) is 2.48. The maximum Gasteiger partial charge on any atom is 0.239 e. The lowest BCUT2D eigenvalue weighted by Gasteiger charge is -2.00. The summed E-state index contributed by atoms with van der Waals surface area (Å²) < 4.78 is 30.6. The van der Waals surface area contributed by atoms with Crippen molar-refractivity contribution in [1.82, 2.24) is 4.68 Å². The van der Waals surface area contributed by atoms with E-state index >= 15 is 0 Å². The summed E-state index contributed by atoms with van der Waals surface area (Å²) in [6, 6.07) is 14.8. The maximum absolute atomic E-state index is 13.4. The molecule has 106 valence electrons. The van der Waals surface area contributed by atoms with Gasteiger partial charge in [0.15, 0.2) is 7.05 Å². The summed E-state index contributed by atoms with van der Waals surface area (Å²) in [5.74, 6) is -0.549. The average molecular weight is 285 g/mol. The largest absolute Gasteiger partial charge is 0.239 e. The molecule has 1 aromatic heterocycles. The van der Waals surface area contributed by atoms with E-state index in [2.05, 4.69) is 0 Å². The summed E-state index contributed by atoms with van der Waals surface area (Å²) in [7, 11) is 3.78. The molecule has 0 aliphatic heterocycles. The first-order valence-electron chi connectivity index (χ1n) is 6.64. The van der Waals surface area contributed by atoms with Crippen LogP contribution in [0.3, 0.4) is 0 Å². The first-order chi connectivity index (χ1) is 10.1. The van der Waals surface area contributed by atoms with E-state index in [1.165, 1.54) is 24.3 Å². The Morgan fingerprint density at radius 2 is 1.43 bits per heavy atom. The van der Waals surface area contributed by atoms with Crippen LogP contribution in [0.2, 0.25) is 0 Å². The van der Waals surface area contributed by atoms with Crippen LogP contribution in [0.5, 0.6) is 0 Å². The standard InChI is InChI=1S/C17H15F2N2/c1-20-16(12-5-3-7-14(18)9-12)11-17(21(20)2)13-6-4-8-15(19)10-13/h3-11H,1-2H3/q+1. The Hall–Kier alpha value is -2.49. The van der Waals surface area contributed by atoms with Crippen molar-refractivity contribution < 1.29 is 13.5 Å². The van der Waals surface area contributed by atoms with Crippen LogP contribution in [0.4, 0.5) is 8.78 Å². The highest BCUT2D eigenvalue weighted by Gasteiger charge is 2.20. The maximum atomic E-state index is 13.4. The van der Waals surface area contributed by atoms with Crippen molar-refractivity contribution in [1.29, 1.82) is 0 Å². The van der Waals surface area contributed by atoms with Crippen molar-refractivity contribution in [3.8, 4) is 22.5 Å². The van der Waals surface area contributed by atoms with Gasteiger partial charge in [-0.1, -0.05) is 18.2 Å². The molecule has 1 heterocycles. The smallest absolute Gasteiger partial charge is 0.207 e. The summed E-state index contributed by atoms with van der Waals surface area (Å²) in [5.41, 5.74) is 3.32. The van der Waals surface area contributed by atoms with Gasteiger partial charge in [0.2, 0.25) is 5.69 Å². The zero-order valence-electron chi connectivity index (χ0n) is 11.8. The number of hydrogen-bond donors (Lipinski definition) is 0. The third kappa shape index (κ3) is 2.44. The molecule has 0 aliphatic rings. The van der Waals surface area contributed by atoms with Crippen LogP contribution >= 0.6 is 0 Å². The SMILES string of the molecule is Cn1c(-c2cccc(F)c2)cc(-c2cccc(F)c2)[n+]1C.